The van der Waals surface area contributed by atoms with Crippen LogP contribution in [0.15, 0.2) is 82.9 Å². The van der Waals surface area contributed by atoms with Gasteiger partial charge in [-0.2, -0.15) is 0 Å². The van der Waals surface area contributed by atoms with Gasteiger partial charge in [0.05, 0.1) is 25.4 Å². The molecule has 0 saturated carbocycles. The molecule has 0 unspecified atom stereocenters. The van der Waals surface area contributed by atoms with Gasteiger partial charge in [-0.15, -0.1) is 0 Å². The maximum atomic E-state index is 12.3. The maximum absolute atomic E-state index is 12.3. The first-order valence-electron chi connectivity index (χ1n) is 12.5. The molecule has 5 heteroatoms. The lowest BCUT2D eigenvalue weighted by Gasteiger charge is -2.10. The van der Waals surface area contributed by atoms with Crippen molar-refractivity contribution in [3.05, 3.63) is 82.9 Å². The monoisotopic (exact) mass is 482 g/mol. The molecule has 0 N–H and O–H groups in total. The van der Waals surface area contributed by atoms with Crippen LogP contribution in [0.5, 0.6) is 0 Å². The first-order valence-corrected chi connectivity index (χ1v) is 12.5. The summed E-state index contributed by atoms with van der Waals surface area (Å²) in [7, 11) is 0. The van der Waals surface area contributed by atoms with E-state index in [9.17, 15) is 9.59 Å². The van der Waals surface area contributed by atoms with Gasteiger partial charge in [-0.3, -0.25) is 4.79 Å². The molecule has 0 bridgehead atoms. The van der Waals surface area contributed by atoms with Gasteiger partial charge in [0, 0.05) is 18.4 Å². The molecular formula is C30H42O5. The molecular weight excluding hydrogens is 440 g/mol. The summed E-state index contributed by atoms with van der Waals surface area (Å²) in [5.74, 6) is 0.817. The highest BCUT2D eigenvalue weighted by molar-refractivity contribution is 5.86. The van der Waals surface area contributed by atoms with Crippen molar-refractivity contribution in [3.63, 3.8) is 0 Å². The first kappa shape index (κ1) is 30.0. The van der Waals surface area contributed by atoms with Crippen LogP contribution in [0, 0.1) is 0 Å². The summed E-state index contributed by atoms with van der Waals surface area (Å²) >= 11 is 0. The molecule has 1 aliphatic rings. The van der Waals surface area contributed by atoms with Crippen molar-refractivity contribution in [2.45, 2.75) is 79.6 Å². The van der Waals surface area contributed by atoms with E-state index in [-0.39, 0.29) is 18.4 Å². The molecule has 0 aromatic rings. The van der Waals surface area contributed by atoms with Crippen LogP contribution in [0.1, 0.15) is 79.6 Å². The van der Waals surface area contributed by atoms with Crippen LogP contribution in [-0.4, -0.2) is 25.2 Å². The predicted octanol–water partition coefficient (Wildman–Crippen LogP) is 7.59. The van der Waals surface area contributed by atoms with E-state index in [2.05, 4.69) is 32.2 Å². The molecule has 0 saturated heterocycles. The van der Waals surface area contributed by atoms with Gasteiger partial charge in [0.2, 0.25) is 0 Å². The van der Waals surface area contributed by atoms with Crippen molar-refractivity contribution in [1.29, 1.82) is 0 Å². The maximum Gasteiger partial charge on any atom is 0.333 e. The average Bonchev–Trinajstić information content (AvgIpc) is 2.99. The highest BCUT2D eigenvalue weighted by Crippen LogP contribution is 2.24. The third-order valence-electron chi connectivity index (χ3n) is 5.43. The molecule has 0 radical (unpaired) electrons. The van der Waals surface area contributed by atoms with Gasteiger partial charge in [0.25, 0.3) is 0 Å². The van der Waals surface area contributed by atoms with E-state index < -0.39 is 0 Å². The van der Waals surface area contributed by atoms with E-state index in [1.807, 2.05) is 39.0 Å². The van der Waals surface area contributed by atoms with Crippen LogP contribution in [0.2, 0.25) is 0 Å². The number of hydrogen-bond acceptors (Lipinski definition) is 5. The molecule has 0 aromatic heterocycles. The van der Waals surface area contributed by atoms with E-state index in [1.54, 1.807) is 6.92 Å². The van der Waals surface area contributed by atoms with Gasteiger partial charge in [-0.25, -0.2) is 4.79 Å². The van der Waals surface area contributed by atoms with Crippen LogP contribution in [0.4, 0.5) is 0 Å². The Hall–Kier alpha value is -3.08. The van der Waals surface area contributed by atoms with Crippen molar-refractivity contribution in [2.75, 3.05) is 13.2 Å². The normalized spacial score (nSPS) is 14.3. The summed E-state index contributed by atoms with van der Waals surface area (Å²) in [6.45, 7) is 18.1. The lowest BCUT2D eigenvalue weighted by atomic mass is 10.0. The third-order valence-corrected chi connectivity index (χ3v) is 5.43. The fraction of sp³-hybridized carbons (Fsp3) is 0.467. The van der Waals surface area contributed by atoms with Gasteiger partial charge >= 0.3 is 11.9 Å². The minimum Gasteiger partial charge on any atom is -0.498 e. The second kappa shape index (κ2) is 16.5. The van der Waals surface area contributed by atoms with E-state index in [4.69, 9.17) is 14.2 Å². The van der Waals surface area contributed by atoms with Crippen LogP contribution < -0.4 is 0 Å². The van der Waals surface area contributed by atoms with Gasteiger partial charge in [-0.1, -0.05) is 62.8 Å². The number of ether oxygens (including phenoxy) is 3. The standard InChI is InChI=1S/C30H42O5/c1-8-23(6)19-29(31)35-28-18-24(7)12-13-26(21-28)20-25(9-2)14-15-27(10-3)33-16-11-17-34-30(32)22(4)5/h13-15,18,21H,4,6,8-12,16-17,19-20H2,1-3,5,7H3/b25-14+,27-15+. The minimum absolute atomic E-state index is 0.237. The largest absolute Gasteiger partial charge is 0.498 e. The molecule has 1 aliphatic carbocycles. The molecule has 0 amide bonds. The molecule has 0 aliphatic heterocycles. The number of carbonyl (C=O) groups is 2. The summed E-state index contributed by atoms with van der Waals surface area (Å²) < 4.78 is 16.6. The highest BCUT2D eigenvalue weighted by atomic mass is 16.5. The molecule has 0 atom stereocenters. The van der Waals surface area contributed by atoms with Crippen molar-refractivity contribution < 1.29 is 23.8 Å². The van der Waals surface area contributed by atoms with Gasteiger partial charge in [0.15, 0.2) is 0 Å². The average molecular weight is 483 g/mol. The van der Waals surface area contributed by atoms with Crippen LogP contribution in [0.3, 0.4) is 0 Å². The molecule has 192 valence electrons. The number of esters is 2. The summed E-state index contributed by atoms with van der Waals surface area (Å²) in [6, 6.07) is 0. The van der Waals surface area contributed by atoms with Crippen LogP contribution in [0.25, 0.3) is 0 Å². The molecule has 0 spiro atoms. The molecule has 1 rings (SSSR count). The topological polar surface area (TPSA) is 61.8 Å². The van der Waals surface area contributed by atoms with Gasteiger partial charge in [0.1, 0.15) is 5.76 Å². The zero-order valence-corrected chi connectivity index (χ0v) is 22.2. The van der Waals surface area contributed by atoms with E-state index in [1.165, 1.54) is 5.57 Å². The fourth-order valence-electron chi connectivity index (χ4n) is 3.15. The van der Waals surface area contributed by atoms with E-state index >= 15 is 0 Å². The predicted molar refractivity (Wildman–Crippen MR) is 142 cm³/mol. The Kier molecular flexibility index (Phi) is 14.1. The summed E-state index contributed by atoms with van der Waals surface area (Å²) in [6.07, 6.45) is 15.1. The number of carbonyl (C=O) groups excluding carboxylic acids is 2. The third kappa shape index (κ3) is 12.8. The number of hydrogen-bond donors (Lipinski definition) is 0. The van der Waals surface area contributed by atoms with Crippen molar-refractivity contribution in [3.8, 4) is 0 Å². The van der Waals surface area contributed by atoms with Crippen molar-refractivity contribution >= 4 is 11.9 Å². The second-order valence-electron chi connectivity index (χ2n) is 8.74. The van der Waals surface area contributed by atoms with Gasteiger partial charge in [-0.05, 0) is 63.3 Å². The first-order chi connectivity index (χ1) is 16.7. The Balaban J connectivity index is 2.76. The smallest absolute Gasteiger partial charge is 0.333 e. The number of rotatable bonds is 15. The van der Waals surface area contributed by atoms with Crippen LogP contribution in [-0.2, 0) is 23.8 Å². The summed E-state index contributed by atoms with van der Waals surface area (Å²) in [5, 5.41) is 0. The minimum atomic E-state index is -0.372. The molecule has 0 aromatic carbocycles. The zero-order chi connectivity index (χ0) is 26.2. The van der Waals surface area contributed by atoms with E-state index in [0.29, 0.717) is 31.0 Å². The van der Waals surface area contributed by atoms with Crippen molar-refractivity contribution in [1.82, 2.24) is 0 Å². The Morgan fingerprint density at radius 2 is 1.71 bits per heavy atom. The Bertz CT molecular complexity index is 924. The van der Waals surface area contributed by atoms with Crippen molar-refractivity contribution in [2.24, 2.45) is 0 Å². The Labute approximate surface area is 211 Å². The highest BCUT2D eigenvalue weighted by Gasteiger charge is 2.11. The lowest BCUT2D eigenvalue weighted by molar-refractivity contribution is -0.139. The zero-order valence-electron chi connectivity index (χ0n) is 22.2. The van der Waals surface area contributed by atoms with E-state index in [0.717, 1.165) is 54.6 Å². The lowest BCUT2D eigenvalue weighted by Crippen LogP contribution is -2.08. The number of allylic oxidation sites excluding steroid dienone is 9. The quantitative estimate of drug-likeness (QED) is 0.0601. The summed E-state index contributed by atoms with van der Waals surface area (Å²) in [4.78, 5) is 23.7. The second-order valence-corrected chi connectivity index (χ2v) is 8.74. The fourth-order valence-corrected chi connectivity index (χ4v) is 3.15. The SMILES string of the molecule is C=C(CC)CC(=O)OC1=CC(C/C(=C/C=C(\CC)OCCCOC(=O)C(=C)C)CC)=CCC(C)=C1. The molecule has 5 nitrogen and oxygen atoms in total. The molecule has 35 heavy (non-hydrogen) atoms. The Morgan fingerprint density at radius 1 is 1.00 bits per heavy atom. The van der Waals surface area contributed by atoms with Crippen LogP contribution >= 0.6 is 0 Å². The van der Waals surface area contributed by atoms with Gasteiger partial charge < -0.3 is 14.2 Å². The molecule has 0 heterocycles. The summed E-state index contributed by atoms with van der Waals surface area (Å²) in [5.41, 5.74) is 4.78. The molecule has 0 fully saturated rings. The Morgan fingerprint density at radius 3 is 2.34 bits per heavy atom.